The van der Waals surface area contributed by atoms with Gasteiger partial charge in [-0.1, -0.05) is 25.5 Å². The van der Waals surface area contributed by atoms with Crippen LogP contribution in [0.25, 0.3) is 5.69 Å². The van der Waals surface area contributed by atoms with Crippen LogP contribution < -0.4 is 10.0 Å². The number of nitrogens with zero attached hydrogens (tertiary/aromatic N) is 2. The molecular formula is C16H20N4O3S. The van der Waals surface area contributed by atoms with Crippen LogP contribution in [-0.4, -0.2) is 29.9 Å². The molecule has 0 fully saturated rings. The molecule has 1 aliphatic rings. The normalized spacial score (nSPS) is 16.6. The minimum Gasteiger partial charge on any atom is -0.348 e. The van der Waals surface area contributed by atoms with Crippen LogP contribution >= 0.6 is 0 Å². The number of imidazole rings is 1. The largest absolute Gasteiger partial charge is 0.348 e. The molecule has 1 aromatic carbocycles. The topological polar surface area (TPSA) is 93.1 Å². The van der Waals surface area contributed by atoms with E-state index in [1.54, 1.807) is 22.8 Å². The molecule has 8 heteroatoms. The number of benzene rings is 1. The summed E-state index contributed by atoms with van der Waals surface area (Å²) in [5.41, 5.74) is 1.27. The summed E-state index contributed by atoms with van der Waals surface area (Å²) < 4.78 is 28.9. The van der Waals surface area contributed by atoms with Gasteiger partial charge in [-0.25, -0.2) is 18.1 Å². The zero-order chi connectivity index (χ0) is 17.3. The maximum Gasteiger partial charge on any atom is 0.272 e. The predicted molar refractivity (Wildman–Crippen MR) is 89.4 cm³/mol. The molecule has 3 rings (SSSR count). The smallest absolute Gasteiger partial charge is 0.272 e. The van der Waals surface area contributed by atoms with Gasteiger partial charge in [0.05, 0.1) is 17.9 Å². The SMILES string of the molecule is CCCC(C)NC(=O)c1ncn2c1CNS(=O)(=O)c1ccccc1-2. The molecule has 0 bridgehead atoms. The molecule has 1 aliphatic heterocycles. The summed E-state index contributed by atoms with van der Waals surface area (Å²) in [4.78, 5) is 16.9. The molecule has 1 amide bonds. The second kappa shape index (κ2) is 6.37. The van der Waals surface area contributed by atoms with E-state index in [9.17, 15) is 13.2 Å². The Bertz CT molecular complexity index is 873. The molecule has 0 spiro atoms. The van der Waals surface area contributed by atoms with Gasteiger partial charge >= 0.3 is 0 Å². The van der Waals surface area contributed by atoms with Crippen LogP contribution in [0.1, 0.15) is 42.9 Å². The fourth-order valence-corrected chi connectivity index (χ4v) is 4.04. The van der Waals surface area contributed by atoms with Crippen molar-refractivity contribution in [2.75, 3.05) is 0 Å². The van der Waals surface area contributed by atoms with Gasteiger partial charge in [-0.15, -0.1) is 0 Å². The number of hydrogen-bond donors (Lipinski definition) is 2. The summed E-state index contributed by atoms with van der Waals surface area (Å²) in [7, 11) is -3.62. The fourth-order valence-electron chi connectivity index (χ4n) is 2.86. The van der Waals surface area contributed by atoms with Crippen LogP contribution in [0.4, 0.5) is 0 Å². The molecule has 128 valence electrons. The van der Waals surface area contributed by atoms with Crippen LogP contribution in [0.15, 0.2) is 35.5 Å². The summed E-state index contributed by atoms with van der Waals surface area (Å²) in [6.45, 7) is 4.01. The zero-order valence-corrected chi connectivity index (χ0v) is 14.4. The number of sulfonamides is 1. The molecule has 1 unspecified atom stereocenters. The van der Waals surface area contributed by atoms with Crippen molar-refractivity contribution in [3.8, 4) is 5.69 Å². The van der Waals surface area contributed by atoms with E-state index in [1.807, 2.05) is 6.92 Å². The summed E-state index contributed by atoms with van der Waals surface area (Å²) >= 11 is 0. The minimum atomic E-state index is -3.62. The van der Waals surface area contributed by atoms with Gasteiger partial charge in [-0.3, -0.25) is 9.36 Å². The molecule has 24 heavy (non-hydrogen) atoms. The zero-order valence-electron chi connectivity index (χ0n) is 13.6. The number of aromatic nitrogens is 2. The molecule has 0 saturated carbocycles. The average molecular weight is 348 g/mol. The highest BCUT2D eigenvalue weighted by atomic mass is 32.2. The lowest BCUT2D eigenvalue weighted by Crippen LogP contribution is -2.33. The number of para-hydroxylation sites is 1. The second-order valence-corrected chi connectivity index (χ2v) is 7.60. The van der Waals surface area contributed by atoms with Gasteiger partial charge in [-0.05, 0) is 25.5 Å². The van der Waals surface area contributed by atoms with Gasteiger partial charge in [0.15, 0.2) is 5.69 Å². The summed E-state index contributed by atoms with van der Waals surface area (Å²) in [5.74, 6) is -0.289. The van der Waals surface area contributed by atoms with E-state index in [0.717, 1.165) is 12.8 Å². The number of carbonyl (C=O) groups excluding carboxylic acids is 1. The van der Waals surface area contributed by atoms with E-state index in [2.05, 4.69) is 21.9 Å². The first-order valence-electron chi connectivity index (χ1n) is 7.90. The Morgan fingerprint density at radius 3 is 2.92 bits per heavy atom. The molecule has 0 radical (unpaired) electrons. The molecular weight excluding hydrogens is 328 g/mol. The lowest BCUT2D eigenvalue weighted by molar-refractivity contribution is 0.0932. The third-order valence-electron chi connectivity index (χ3n) is 4.02. The van der Waals surface area contributed by atoms with Crippen LogP contribution in [0.2, 0.25) is 0 Å². The Balaban J connectivity index is 2.02. The number of hydrogen-bond acceptors (Lipinski definition) is 4. The van der Waals surface area contributed by atoms with E-state index >= 15 is 0 Å². The number of amides is 1. The van der Waals surface area contributed by atoms with Gasteiger partial charge in [-0.2, -0.15) is 0 Å². The van der Waals surface area contributed by atoms with Gasteiger partial charge in [0, 0.05) is 6.04 Å². The Morgan fingerprint density at radius 1 is 1.42 bits per heavy atom. The van der Waals surface area contributed by atoms with E-state index in [1.165, 1.54) is 12.4 Å². The highest BCUT2D eigenvalue weighted by molar-refractivity contribution is 7.89. The van der Waals surface area contributed by atoms with Gasteiger partial charge in [0.2, 0.25) is 10.0 Å². The van der Waals surface area contributed by atoms with Crippen molar-refractivity contribution in [2.24, 2.45) is 0 Å². The molecule has 2 heterocycles. The van der Waals surface area contributed by atoms with Crippen molar-refractivity contribution in [3.63, 3.8) is 0 Å². The Hall–Kier alpha value is -2.19. The lowest BCUT2D eigenvalue weighted by Gasteiger charge is -2.12. The third-order valence-corrected chi connectivity index (χ3v) is 5.47. The second-order valence-electron chi connectivity index (χ2n) is 5.87. The molecule has 0 saturated heterocycles. The van der Waals surface area contributed by atoms with E-state index < -0.39 is 10.0 Å². The third kappa shape index (κ3) is 2.94. The summed E-state index contributed by atoms with van der Waals surface area (Å²) in [6, 6.07) is 6.70. The number of carbonyl (C=O) groups is 1. The monoisotopic (exact) mass is 348 g/mol. The molecule has 0 aliphatic carbocycles. The number of rotatable bonds is 4. The lowest BCUT2D eigenvalue weighted by atomic mass is 10.2. The van der Waals surface area contributed by atoms with Gasteiger partial charge < -0.3 is 5.32 Å². The first-order valence-corrected chi connectivity index (χ1v) is 9.38. The molecule has 1 aromatic heterocycles. The van der Waals surface area contributed by atoms with Crippen molar-refractivity contribution >= 4 is 15.9 Å². The first-order chi connectivity index (χ1) is 11.4. The minimum absolute atomic E-state index is 0.0158. The van der Waals surface area contributed by atoms with Crippen LogP contribution in [0, 0.1) is 0 Å². The first kappa shape index (κ1) is 16.7. The van der Waals surface area contributed by atoms with Crippen molar-refractivity contribution in [3.05, 3.63) is 42.0 Å². The van der Waals surface area contributed by atoms with Crippen molar-refractivity contribution in [2.45, 2.75) is 44.2 Å². The molecule has 2 N–H and O–H groups in total. The maximum atomic E-state index is 12.5. The summed E-state index contributed by atoms with van der Waals surface area (Å²) in [5, 5.41) is 2.91. The summed E-state index contributed by atoms with van der Waals surface area (Å²) in [6.07, 6.45) is 3.34. The molecule has 2 aromatic rings. The van der Waals surface area contributed by atoms with Crippen LogP contribution in [0.3, 0.4) is 0 Å². The standard InChI is InChI=1S/C16H20N4O3S/c1-3-6-11(2)19-16(21)15-13-9-18-24(22,23)14-8-5-4-7-12(14)20(13)10-17-15/h4-5,7-8,10-11,18H,3,6,9H2,1-2H3,(H,19,21). The quantitative estimate of drug-likeness (QED) is 0.877. The van der Waals surface area contributed by atoms with Crippen molar-refractivity contribution in [1.82, 2.24) is 19.6 Å². The van der Waals surface area contributed by atoms with Crippen LogP contribution in [0.5, 0.6) is 0 Å². The van der Waals surface area contributed by atoms with Crippen molar-refractivity contribution < 1.29 is 13.2 Å². The molecule has 1 atom stereocenters. The van der Waals surface area contributed by atoms with Crippen LogP contribution in [-0.2, 0) is 16.6 Å². The Kier molecular flexibility index (Phi) is 4.42. The fraction of sp³-hybridized carbons (Fsp3) is 0.375. The highest BCUT2D eigenvalue weighted by Gasteiger charge is 2.28. The van der Waals surface area contributed by atoms with E-state index in [0.29, 0.717) is 11.4 Å². The number of fused-ring (bicyclic) bond motifs is 3. The number of nitrogens with one attached hydrogen (secondary N) is 2. The highest BCUT2D eigenvalue weighted by Crippen LogP contribution is 2.26. The maximum absolute atomic E-state index is 12.5. The Morgan fingerprint density at radius 2 is 2.17 bits per heavy atom. The average Bonchev–Trinajstić information content (AvgIpc) is 2.92. The van der Waals surface area contributed by atoms with E-state index in [-0.39, 0.29) is 29.1 Å². The van der Waals surface area contributed by atoms with E-state index in [4.69, 9.17) is 0 Å². The predicted octanol–water partition coefficient (Wildman–Crippen LogP) is 1.58. The van der Waals surface area contributed by atoms with Crippen molar-refractivity contribution in [1.29, 1.82) is 0 Å². The van der Waals surface area contributed by atoms with Gasteiger partial charge in [0.1, 0.15) is 11.2 Å². The molecule has 7 nitrogen and oxygen atoms in total. The van der Waals surface area contributed by atoms with Gasteiger partial charge in [0.25, 0.3) is 5.91 Å². The Labute approximate surface area is 141 Å².